The topological polar surface area (TPSA) is 85.8 Å². The van der Waals surface area contributed by atoms with Gasteiger partial charge in [0, 0.05) is 43.8 Å². The van der Waals surface area contributed by atoms with Gasteiger partial charge in [-0.25, -0.2) is 9.97 Å². The SMILES string of the molecule is COc1cccc(Nc2cc(C(=O)N3CCC4(CC3)OCCO4)ncn2)c1. The molecule has 4 rings (SSSR count). The van der Waals surface area contributed by atoms with E-state index in [1.54, 1.807) is 18.1 Å². The predicted molar refractivity (Wildman–Crippen MR) is 98.1 cm³/mol. The summed E-state index contributed by atoms with van der Waals surface area (Å²) in [5.74, 6) is 0.682. The minimum Gasteiger partial charge on any atom is -0.497 e. The maximum Gasteiger partial charge on any atom is 0.272 e. The van der Waals surface area contributed by atoms with Gasteiger partial charge in [0.25, 0.3) is 5.91 Å². The summed E-state index contributed by atoms with van der Waals surface area (Å²) in [6.07, 6.45) is 2.75. The average Bonchev–Trinajstić information content (AvgIpc) is 3.16. The van der Waals surface area contributed by atoms with Gasteiger partial charge in [0.15, 0.2) is 5.79 Å². The fourth-order valence-corrected chi connectivity index (χ4v) is 3.39. The number of likely N-dealkylation sites (tertiary alicyclic amines) is 1. The Morgan fingerprint density at radius 3 is 2.70 bits per heavy atom. The number of ether oxygens (including phenoxy) is 3. The summed E-state index contributed by atoms with van der Waals surface area (Å²) in [5.41, 5.74) is 1.18. The van der Waals surface area contributed by atoms with Crippen LogP contribution < -0.4 is 10.1 Å². The van der Waals surface area contributed by atoms with Crippen LogP contribution in [0.2, 0.25) is 0 Å². The molecule has 0 atom stereocenters. The molecule has 0 aliphatic carbocycles. The van der Waals surface area contributed by atoms with Gasteiger partial charge in [0.05, 0.1) is 20.3 Å². The number of hydrogen-bond donors (Lipinski definition) is 1. The van der Waals surface area contributed by atoms with E-state index in [4.69, 9.17) is 14.2 Å². The van der Waals surface area contributed by atoms with E-state index in [9.17, 15) is 4.79 Å². The van der Waals surface area contributed by atoms with Crippen molar-refractivity contribution < 1.29 is 19.0 Å². The van der Waals surface area contributed by atoms with E-state index in [0.717, 1.165) is 11.4 Å². The molecule has 8 nitrogen and oxygen atoms in total. The summed E-state index contributed by atoms with van der Waals surface area (Å²) in [4.78, 5) is 23.0. The maximum atomic E-state index is 12.8. The van der Waals surface area contributed by atoms with Crippen molar-refractivity contribution in [1.29, 1.82) is 0 Å². The van der Waals surface area contributed by atoms with Crippen LogP contribution in [-0.4, -0.2) is 60.0 Å². The number of anilines is 2. The fraction of sp³-hybridized carbons (Fsp3) is 0.421. The molecule has 1 N–H and O–H groups in total. The maximum absolute atomic E-state index is 12.8. The van der Waals surface area contributed by atoms with Gasteiger partial charge in [-0.2, -0.15) is 0 Å². The Balaban J connectivity index is 1.43. The molecule has 27 heavy (non-hydrogen) atoms. The largest absolute Gasteiger partial charge is 0.497 e. The highest BCUT2D eigenvalue weighted by Gasteiger charge is 2.41. The number of hydrogen-bond acceptors (Lipinski definition) is 7. The quantitative estimate of drug-likeness (QED) is 0.883. The third-order valence-electron chi connectivity index (χ3n) is 4.85. The molecule has 8 heteroatoms. The van der Waals surface area contributed by atoms with E-state index in [0.29, 0.717) is 50.7 Å². The zero-order valence-corrected chi connectivity index (χ0v) is 15.2. The Kier molecular flexibility index (Phi) is 4.91. The van der Waals surface area contributed by atoms with E-state index in [-0.39, 0.29) is 5.91 Å². The van der Waals surface area contributed by atoms with Gasteiger partial charge in [-0.1, -0.05) is 6.07 Å². The molecule has 0 radical (unpaired) electrons. The molecule has 142 valence electrons. The van der Waals surface area contributed by atoms with E-state index in [1.807, 2.05) is 24.3 Å². The first-order valence-corrected chi connectivity index (χ1v) is 8.98. The first kappa shape index (κ1) is 17.7. The Morgan fingerprint density at radius 1 is 1.19 bits per heavy atom. The lowest BCUT2D eigenvalue weighted by atomic mass is 10.0. The van der Waals surface area contributed by atoms with Gasteiger partial charge in [-0.05, 0) is 12.1 Å². The normalized spacial score (nSPS) is 18.5. The third-order valence-corrected chi connectivity index (χ3v) is 4.85. The van der Waals surface area contributed by atoms with Gasteiger partial charge in [-0.15, -0.1) is 0 Å². The van der Waals surface area contributed by atoms with Crippen LogP contribution in [0.15, 0.2) is 36.7 Å². The van der Waals surface area contributed by atoms with Crippen molar-refractivity contribution in [2.45, 2.75) is 18.6 Å². The van der Waals surface area contributed by atoms with E-state index in [2.05, 4.69) is 15.3 Å². The molecule has 2 aromatic rings. The summed E-state index contributed by atoms with van der Waals surface area (Å²) in [7, 11) is 1.62. The number of methoxy groups -OCH3 is 1. The molecule has 2 aliphatic heterocycles. The molecule has 0 bridgehead atoms. The van der Waals surface area contributed by atoms with Gasteiger partial charge >= 0.3 is 0 Å². The lowest BCUT2D eigenvalue weighted by molar-refractivity contribution is -0.181. The number of nitrogens with one attached hydrogen (secondary N) is 1. The van der Waals surface area contributed by atoms with Crippen LogP contribution in [0.25, 0.3) is 0 Å². The van der Waals surface area contributed by atoms with Crippen molar-refractivity contribution >= 4 is 17.4 Å². The summed E-state index contributed by atoms with van der Waals surface area (Å²) in [6, 6.07) is 9.16. The van der Waals surface area contributed by atoms with Gasteiger partial charge in [0.2, 0.25) is 0 Å². The van der Waals surface area contributed by atoms with Gasteiger partial charge in [-0.3, -0.25) is 4.79 Å². The Bertz CT molecular complexity index is 813. The Labute approximate surface area is 157 Å². The first-order valence-electron chi connectivity index (χ1n) is 8.98. The number of amides is 1. The van der Waals surface area contributed by atoms with Gasteiger partial charge in [0.1, 0.15) is 23.6 Å². The summed E-state index contributed by atoms with van der Waals surface area (Å²) in [5, 5.41) is 3.17. The summed E-state index contributed by atoms with van der Waals surface area (Å²) >= 11 is 0. The molecule has 0 saturated carbocycles. The van der Waals surface area contributed by atoms with Crippen LogP contribution in [0.1, 0.15) is 23.3 Å². The molecule has 2 aliphatic rings. The number of nitrogens with zero attached hydrogens (tertiary/aromatic N) is 3. The lowest BCUT2D eigenvalue weighted by Gasteiger charge is -2.37. The van der Waals surface area contributed by atoms with Crippen LogP contribution >= 0.6 is 0 Å². The highest BCUT2D eigenvalue weighted by atomic mass is 16.7. The molecule has 3 heterocycles. The summed E-state index contributed by atoms with van der Waals surface area (Å²) in [6.45, 7) is 2.42. The highest BCUT2D eigenvalue weighted by Crippen LogP contribution is 2.31. The second kappa shape index (κ2) is 7.50. The van der Waals surface area contributed by atoms with Gasteiger partial charge < -0.3 is 24.4 Å². The van der Waals surface area contributed by atoms with Crippen molar-refractivity contribution in [2.24, 2.45) is 0 Å². The predicted octanol–water partition coefficient (Wildman–Crippen LogP) is 2.21. The van der Waals surface area contributed by atoms with Crippen LogP contribution in [0.5, 0.6) is 5.75 Å². The van der Waals surface area contributed by atoms with Crippen molar-refractivity contribution in [2.75, 3.05) is 38.7 Å². The van der Waals surface area contributed by atoms with Crippen LogP contribution in [0.4, 0.5) is 11.5 Å². The molecule has 1 aromatic heterocycles. The Hall–Kier alpha value is -2.71. The molecule has 2 fully saturated rings. The minimum atomic E-state index is -0.498. The van der Waals surface area contributed by atoms with Crippen molar-refractivity contribution in [3.8, 4) is 5.75 Å². The number of rotatable bonds is 4. The molecule has 1 amide bonds. The molecule has 1 aromatic carbocycles. The fourth-order valence-electron chi connectivity index (χ4n) is 3.39. The van der Waals surface area contributed by atoms with E-state index < -0.39 is 5.79 Å². The molecular weight excluding hydrogens is 348 g/mol. The lowest BCUT2D eigenvalue weighted by Crippen LogP contribution is -2.47. The standard InChI is InChI=1S/C19H22N4O4/c1-25-15-4-2-3-14(11-15)22-17-12-16(20-13-21-17)18(24)23-7-5-19(6-8-23)26-9-10-27-19/h2-4,11-13H,5-10H2,1H3,(H,20,21,22). The first-order chi connectivity index (χ1) is 13.2. The average molecular weight is 370 g/mol. The van der Waals surface area contributed by atoms with Crippen LogP contribution in [0.3, 0.4) is 0 Å². The second-order valence-corrected chi connectivity index (χ2v) is 6.55. The van der Waals surface area contributed by atoms with Crippen LogP contribution in [-0.2, 0) is 9.47 Å². The molecule has 0 unspecified atom stereocenters. The minimum absolute atomic E-state index is 0.112. The zero-order valence-electron chi connectivity index (χ0n) is 15.2. The number of piperidine rings is 1. The number of aromatic nitrogens is 2. The molecule has 1 spiro atoms. The number of carbonyl (C=O) groups is 1. The highest BCUT2D eigenvalue weighted by molar-refractivity contribution is 5.93. The molecular formula is C19H22N4O4. The monoisotopic (exact) mass is 370 g/mol. The Morgan fingerprint density at radius 2 is 1.96 bits per heavy atom. The van der Waals surface area contributed by atoms with Crippen molar-refractivity contribution in [3.05, 3.63) is 42.4 Å². The second-order valence-electron chi connectivity index (χ2n) is 6.55. The number of carbonyl (C=O) groups excluding carboxylic acids is 1. The summed E-state index contributed by atoms with van der Waals surface area (Å²) < 4.78 is 16.6. The van der Waals surface area contributed by atoms with Crippen molar-refractivity contribution in [3.63, 3.8) is 0 Å². The van der Waals surface area contributed by atoms with Crippen LogP contribution in [0, 0.1) is 0 Å². The molecule has 2 saturated heterocycles. The van der Waals surface area contributed by atoms with Crippen molar-refractivity contribution in [1.82, 2.24) is 14.9 Å². The third kappa shape index (κ3) is 3.86. The number of benzene rings is 1. The van der Waals surface area contributed by atoms with E-state index >= 15 is 0 Å². The smallest absolute Gasteiger partial charge is 0.272 e. The zero-order chi connectivity index (χ0) is 18.7. The van der Waals surface area contributed by atoms with E-state index in [1.165, 1.54) is 6.33 Å².